The number of ether oxygens (including phenoxy) is 1. The molecule has 0 aliphatic heterocycles. The van der Waals surface area contributed by atoms with Crippen molar-refractivity contribution < 1.29 is 9.53 Å². The highest BCUT2D eigenvalue weighted by Gasteiger charge is 2.00. The summed E-state index contributed by atoms with van der Waals surface area (Å²) in [5.41, 5.74) is 0.935. The molecule has 0 aliphatic rings. The van der Waals surface area contributed by atoms with Crippen LogP contribution in [0.5, 0.6) is 0 Å². The summed E-state index contributed by atoms with van der Waals surface area (Å²) in [5.74, 6) is -0.202. The molecular formula is C12H18ClNO2. The van der Waals surface area contributed by atoms with Crippen molar-refractivity contribution in [2.75, 3.05) is 18.5 Å². The molecule has 0 unspecified atom stereocenters. The van der Waals surface area contributed by atoms with Gasteiger partial charge in [0.2, 0.25) is 0 Å². The van der Waals surface area contributed by atoms with Crippen molar-refractivity contribution in [1.82, 2.24) is 0 Å². The normalized spacial score (nSPS) is 9.06. The van der Waals surface area contributed by atoms with Gasteiger partial charge in [0.25, 0.3) is 0 Å². The second-order valence-corrected chi connectivity index (χ2v) is 3.29. The van der Waals surface area contributed by atoms with Crippen molar-refractivity contribution in [3.05, 3.63) is 30.3 Å². The van der Waals surface area contributed by atoms with Crippen molar-refractivity contribution in [1.29, 1.82) is 0 Å². The standard InChI is InChI=1S/C12H17NO2.ClH/c1-2-3-9-15-12(14)10-13-11-7-5-4-6-8-11;/h4-8,13H,2-3,9-10H2,1H3;1H. The monoisotopic (exact) mass is 243 g/mol. The summed E-state index contributed by atoms with van der Waals surface area (Å²) < 4.78 is 5.00. The lowest BCUT2D eigenvalue weighted by Gasteiger charge is -2.06. The highest BCUT2D eigenvalue weighted by atomic mass is 35.5. The lowest BCUT2D eigenvalue weighted by Crippen LogP contribution is -2.17. The number of nitrogens with one attached hydrogen (secondary N) is 1. The van der Waals surface area contributed by atoms with E-state index in [0.29, 0.717) is 6.61 Å². The molecule has 0 saturated carbocycles. The fraction of sp³-hybridized carbons (Fsp3) is 0.417. The van der Waals surface area contributed by atoms with Crippen molar-refractivity contribution in [3.63, 3.8) is 0 Å². The van der Waals surface area contributed by atoms with Gasteiger partial charge >= 0.3 is 5.97 Å². The third-order valence-corrected chi connectivity index (χ3v) is 1.97. The molecule has 0 spiro atoms. The number of carbonyl (C=O) groups is 1. The van der Waals surface area contributed by atoms with Gasteiger partial charge in [-0.25, -0.2) is 0 Å². The lowest BCUT2D eigenvalue weighted by atomic mass is 10.3. The van der Waals surface area contributed by atoms with Gasteiger partial charge in [-0.1, -0.05) is 31.5 Å². The van der Waals surface area contributed by atoms with E-state index in [0.717, 1.165) is 18.5 Å². The molecule has 0 aromatic heterocycles. The molecule has 90 valence electrons. The summed E-state index contributed by atoms with van der Waals surface area (Å²) in [6.07, 6.45) is 1.97. The van der Waals surface area contributed by atoms with Gasteiger partial charge in [-0.2, -0.15) is 0 Å². The van der Waals surface area contributed by atoms with Crippen LogP contribution < -0.4 is 5.32 Å². The van der Waals surface area contributed by atoms with Gasteiger partial charge in [-0.05, 0) is 18.6 Å². The molecule has 0 bridgehead atoms. The van der Waals surface area contributed by atoms with E-state index in [4.69, 9.17) is 4.74 Å². The van der Waals surface area contributed by atoms with Crippen molar-refractivity contribution in [3.8, 4) is 0 Å². The molecule has 1 rings (SSSR count). The number of benzene rings is 1. The number of rotatable bonds is 6. The van der Waals surface area contributed by atoms with Gasteiger partial charge < -0.3 is 10.1 Å². The second-order valence-electron chi connectivity index (χ2n) is 3.29. The molecule has 0 saturated heterocycles. The number of esters is 1. The van der Waals surface area contributed by atoms with Crippen LogP contribution in [0.3, 0.4) is 0 Å². The second kappa shape index (κ2) is 9.04. The molecule has 0 atom stereocenters. The summed E-state index contributed by atoms with van der Waals surface area (Å²) in [6, 6.07) is 9.61. The Balaban J connectivity index is 0.00000225. The minimum absolute atomic E-state index is 0. The Morgan fingerprint density at radius 3 is 2.62 bits per heavy atom. The van der Waals surface area contributed by atoms with Crippen LogP contribution in [0.15, 0.2) is 30.3 Å². The van der Waals surface area contributed by atoms with Crippen molar-refractivity contribution in [2.24, 2.45) is 0 Å². The van der Waals surface area contributed by atoms with Crippen molar-refractivity contribution >= 4 is 24.1 Å². The summed E-state index contributed by atoms with van der Waals surface area (Å²) in [7, 11) is 0. The zero-order valence-electron chi connectivity index (χ0n) is 9.44. The lowest BCUT2D eigenvalue weighted by molar-refractivity contribution is -0.141. The molecular weight excluding hydrogens is 226 g/mol. The molecule has 1 N–H and O–H groups in total. The topological polar surface area (TPSA) is 38.3 Å². The zero-order chi connectivity index (χ0) is 10.9. The summed E-state index contributed by atoms with van der Waals surface area (Å²) >= 11 is 0. The van der Waals surface area contributed by atoms with Gasteiger partial charge in [0, 0.05) is 5.69 Å². The van der Waals surface area contributed by atoms with Crippen LogP contribution in [-0.4, -0.2) is 19.1 Å². The van der Waals surface area contributed by atoms with Crippen molar-refractivity contribution in [2.45, 2.75) is 19.8 Å². The highest BCUT2D eigenvalue weighted by Crippen LogP contribution is 2.03. The SMILES string of the molecule is CCCCOC(=O)CNc1ccccc1.Cl. The summed E-state index contributed by atoms with van der Waals surface area (Å²) in [5, 5.41) is 3.00. The van der Waals surface area contributed by atoms with E-state index >= 15 is 0 Å². The molecule has 16 heavy (non-hydrogen) atoms. The molecule has 0 aliphatic carbocycles. The third kappa shape index (κ3) is 6.30. The van der Waals surface area contributed by atoms with Gasteiger partial charge in [0.15, 0.2) is 0 Å². The number of para-hydroxylation sites is 1. The predicted molar refractivity (Wildman–Crippen MR) is 68.0 cm³/mol. The summed E-state index contributed by atoms with van der Waals surface area (Å²) in [4.78, 5) is 11.2. The maximum atomic E-state index is 11.2. The molecule has 0 radical (unpaired) electrons. The van der Waals surface area contributed by atoms with E-state index in [9.17, 15) is 4.79 Å². The number of hydrogen-bond acceptors (Lipinski definition) is 3. The van der Waals surface area contributed by atoms with Crippen LogP contribution >= 0.6 is 12.4 Å². The first-order valence-electron chi connectivity index (χ1n) is 5.27. The largest absolute Gasteiger partial charge is 0.464 e. The molecule has 0 amide bonds. The van der Waals surface area contributed by atoms with E-state index in [1.54, 1.807) is 0 Å². The first-order chi connectivity index (χ1) is 7.33. The number of hydrogen-bond donors (Lipinski definition) is 1. The van der Waals surface area contributed by atoms with Gasteiger partial charge in [0.1, 0.15) is 6.54 Å². The number of carbonyl (C=O) groups excluding carboxylic acids is 1. The van der Waals surface area contributed by atoms with Crippen LogP contribution in [0.1, 0.15) is 19.8 Å². The Labute approximate surface area is 103 Å². The van der Waals surface area contributed by atoms with Crippen LogP contribution in [0.4, 0.5) is 5.69 Å². The Morgan fingerprint density at radius 2 is 2.00 bits per heavy atom. The van der Waals surface area contributed by atoms with E-state index < -0.39 is 0 Å². The fourth-order valence-electron chi connectivity index (χ4n) is 1.11. The number of anilines is 1. The molecule has 0 fully saturated rings. The average Bonchev–Trinajstić information content (AvgIpc) is 2.28. The van der Waals surface area contributed by atoms with Crippen LogP contribution in [0.25, 0.3) is 0 Å². The minimum Gasteiger partial charge on any atom is -0.464 e. The maximum absolute atomic E-state index is 11.2. The molecule has 1 aromatic carbocycles. The first-order valence-corrected chi connectivity index (χ1v) is 5.27. The van der Waals surface area contributed by atoms with E-state index in [2.05, 4.69) is 12.2 Å². The highest BCUT2D eigenvalue weighted by molar-refractivity contribution is 5.85. The van der Waals surface area contributed by atoms with E-state index in [1.165, 1.54) is 0 Å². The Hall–Kier alpha value is -1.22. The number of unbranched alkanes of at least 4 members (excludes halogenated alkanes) is 1. The van der Waals surface area contributed by atoms with Crippen LogP contribution in [0.2, 0.25) is 0 Å². The van der Waals surface area contributed by atoms with E-state index in [-0.39, 0.29) is 24.9 Å². The average molecular weight is 244 g/mol. The Morgan fingerprint density at radius 1 is 1.31 bits per heavy atom. The molecule has 1 aromatic rings. The fourth-order valence-corrected chi connectivity index (χ4v) is 1.11. The van der Waals surface area contributed by atoms with Crippen LogP contribution in [0, 0.1) is 0 Å². The Bertz CT molecular complexity index is 290. The minimum atomic E-state index is -0.202. The van der Waals surface area contributed by atoms with E-state index in [1.807, 2.05) is 30.3 Å². The molecule has 3 nitrogen and oxygen atoms in total. The van der Waals surface area contributed by atoms with Gasteiger partial charge in [0.05, 0.1) is 6.61 Å². The van der Waals surface area contributed by atoms with Gasteiger partial charge in [-0.15, -0.1) is 12.4 Å². The molecule has 0 heterocycles. The Kier molecular flexibility index (Phi) is 8.35. The third-order valence-electron chi connectivity index (χ3n) is 1.97. The zero-order valence-corrected chi connectivity index (χ0v) is 10.3. The first kappa shape index (κ1) is 14.8. The maximum Gasteiger partial charge on any atom is 0.325 e. The smallest absolute Gasteiger partial charge is 0.325 e. The van der Waals surface area contributed by atoms with Crippen LogP contribution in [-0.2, 0) is 9.53 Å². The molecule has 4 heteroatoms. The summed E-state index contributed by atoms with van der Waals surface area (Å²) in [6.45, 7) is 2.82. The predicted octanol–water partition coefficient (Wildman–Crippen LogP) is 2.86. The number of halogens is 1. The quantitative estimate of drug-likeness (QED) is 0.617. The van der Waals surface area contributed by atoms with Gasteiger partial charge in [-0.3, -0.25) is 4.79 Å².